The number of piperidine rings is 1. The summed E-state index contributed by atoms with van der Waals surface area (Å²) < 4.78 is 6.07. The van der Waals surface area contributed by atoms with Gasteiger partial charge < -0.3 is 15.0 Å². The van der Waals surface area contributed by atoms with Gasteiger partial charge in [0.2, 0.25) is 0 Å². The molecular formula is C16H24N2O. The van der Waals surface area contributed by atoms with E-state index in [0.717, 1.165) is 32.0 Å². The minimum atomic E-state index is 0.296. The molecule has 1 atom stereocenters. The number of ether oxygens (including phenoxy) is 1. The second-order valence-corrected chi connectivity index (χ2v) is 6.47. The average Bonchev–Trinajstić information content (AvgIpc) is 2.83. The van der Waals surface area contributed by atoms with E-state index < -0.39 is 0 Å². The number of hydrogen-bond acceptors (Lipinski definition) is 3. The summed E-state index contributed by atoms with van der Waals surface area (Å²) in [6, 6.07) is 6.51. The Bertz CT molecular complexity index is 460. The molecule has 2 aliphatic heterocycles. The van der Waals surface area contributed by atoms with E-state index in [1.807, 2.05) is 0 Å². The van der Waals surface area contributed by atoms with Gasteiger partial charge in [-0.1, -0.05) is 13.0 Å². The van der Waals surface area contributed by atoms with Crippen LogP contribution in [0.1, 0.15) is 30.9 Å². The van der Waals surface area contributed by atoms with Crippen molar-refractivity contribution in [2.45, 2.75) is 32.9 Å². The first kappa shape index (κ1) is 12.9. The van der Waals surface area contributed by atoms with Crippen LogP contribution in [0.4, 0.5) is 0 Å². The highest BCUT2D eigenvalue weighted by atomic mass is 16.5. The first-order valence-electron chi connectivity index (χ1n) is 7.29. The van der Waals surface area contributed by atoms with E-state index in [1.54, 1.807) is 0 Å². The number of benzene rings is 1. The van der Waals surface area contributed by atoms with E-state index in [-0.39, 0.29) is 0 Å². The number of rotatable bonds is 3. The number of nitrogens with zero attached hydrogens (tertiary/aromatic N) is 1. The van der Waals surface area contributed by atoms with Gasteiger partial charge in [-0.3, -0.25) is 0 Å². The summed E-state index contributed by atoms with van der Waals surface area (Å²) in [5.74, 6) is 1.02. The molecule has 0 amide bonds. The Kier molecular flexibility index (Phi) is 3.50. The molecule has 104 valence electrons. The van der Waals surface area contributed by atoms with Gasteiger partial charge in [-0.05, 0) is 49.7 Å². The van der Waals surface area contributed by atoms with Crippen LogP contribution in [0.5, 0.6) is 5.75 Å². The zero-order valence-corrected chi connectivity index (χ0v) is 12.0. The Hall–Kier alpha value is -1.06. The molecule has 1 aromatic carbocycles. The molecule has 3 rings (SSSR count). The largest absolute Gasteiger partial charge is 0.493 e. The van der Waals surface area contributed by atoms with Crippen molar-refractivity contribution in [2.24, 2.45) is 5.41 Å². The van der Waals surface area contributed by atoms with Crippen LogP contribution in [-0.4, -0.2) is 31.6 Å². The fourth-order valence-electron chi connectivity index (χ4n) is 3.32. The first-order chi connectivity index (χ1) is 9.15. The van der Waals surface area contributed by atoms with E-state index in [9.17, 15) is 0 Å². The number of fused-ring (bicyclic) bond motifs is 1. The topological polar surface area (TPSA) is 24.5 Å². The van der Waals surface area contributed by atoms with Gasteiger partial charge in [0.05, 0.1) is 6.61 Å². The Morgan fingerprint density at radius 2 is 2.16 bits per heavy atom. The van der Waals surface area contributed by atoms with Gasteiger partial charge in [0.1, 0.15) is 5.75 Å². The second-order valence-electron chi connectivity index (χ2n) is 6.47. The van der Waals surface area contributed by atoms with E-state index in [2.05, 4.69) is 42.4 Å². The Labute approximate surface area is 115 Å². The molecule has 1 N–H and O–H groups in total. The SMILES string of the molecule is CN1CCCC(C)(COc2ccc3c(c2)CNC3)C1. The monoisotopic (exact) mass is 260 g/mol. The van der Waals surface area contributed by atoms with Gasteiger partial charge in [0.25, 0.3) is 0 Å². The van der Waals surface area contributed by atoms with Crippen LogP contribution in [0.25, 0.3) is 0 Å². The van der Waals surface area contributed by atoms with Gasteiger partial charge in [0.15, 0.2) is 0 Å². The molecule has 3 heteroatoms. The molecule has 0 aromatic heterocycles. The number of likely N-dealkylation sites (tertiary alicyclic amines) is 1. The predicted molar refractivity (Wildman–Crippen MR) is 77.3 cm³/mol. The lowest BCUT2D eigenvalue weighted by Crippen LogP contribution is -2.42. The molecule has 0 bridgehead atoms. The highest BCUT2D eigenvalue weighted by Gasteiger charge is 2.30. The summed E-state index contributed by atoms with van der Waals surface area (Å²) in [5, 5.41) is 3.37. The summed E-state index contributed by atoms with van der Waals surface area (Å²) in [4.78, 5) is 2.42. The fourth-order valence-corrected chi connectivity index (χ4v) is 3.32. The van der Waals surface area contributed by atoms with Crippen LogP contribution >= 0.6 is 0 Å². The van der Waals surface area contributed by atoms with E-state index in [4.69, 9.17) is 4.74 Å². The third kappa shape index (κ3) is 2.93. The normalized spacial score (nSPS) is 27.3. The maximum absolute atomic E-state index is 6.07. The number of nitrogens with one attached hydrogen (secondary N) is 1. The average molecular weight is 260 g/mol. The van der Waals surface area contributed by atoms with Crippen molar-refractivity contribution in [3.05, 3.63) is 29.3 Å². The lowest BCUT2D eigenvalue weighted by Gasteiger charge is -2.38. The van der Waals surface area contributed by atoms with Gasteiger partial charge in [0, 0.05) is 25.0 Å². The summed E-state index contributed by atoms with van der Waals surface area (Å²) in [7, 11) is 2.21. The lowest BCUT2D eigenvalue weighted by atomic mass is 9.83. The molecular weight excluding hydrogens is 236 g/mol. The highest BCUT2D eigenvalue weighted by molar-refractivity contribution is 5.37. The van der Waals surface area contributed by atoms with Gasteiger partial charge in [-0.25, -0.2) is 0 Å². The van der Waals surface area contributed by atoms with Crippen molar-refractivity contribution in [3.63, 3.8) is 0 Å². The zero-order valence-electron chi connectivity index (χ0n) is 12.0. The maximum Gasteiger partial charge on any atom is 0.119 e. The van der Waals surface area contributed by atoms with Crippen molar-refractivity contribution >= 4 is 0 Å². The van der Waals surface area contributed by atoms with E-state index in [0.29, 0.717) is 5.41 Å². The predicted octanol–water partition coefficient (Wildman–Crippen LogP) is 2.40. The van der Waals surface area contributed by atoms with Crippen molar-refractivity contribution in [1.29, 1.82) is 0 Å². The molecule has 1 saturated heterocycles. The molecule has 3 nitrogen and oxygen atoms in total. The Morgan fingerprint density at radius 3 is 3.00 bits per heavy atom. The molecule has 2 aliphatic rings. The molecule has 1 fully saturated rings. The lowest BCUT2D eigenvalue weighted by molar-refractivity contribution is 0.0701. The van der Waals surface area contributed by atoms with E-state index >= 15 is 0 Å². The zero-order chi connectivity index (χ0) is 13.3. The van der Waals surface area contributed by atoms with Crippen LogP contribution < -0.4 is 10.1 Å². The van der Waals surface area contributed by atoms with Gasteiger partial charge in [-0.15, -0.1) is 0 Å². The van der Waals surface area contributed by atoms with Crippen LogP contribution in [0, 0.1) is 5.41 Å². The van der Waals surface area contributed by atoms with Crippen molar-refractivity contribution < 1.29 is 4.74 Å². The van der Waals surface area contributed by atoms with Gasteiger partial charge in [-0.2, -0.15) is 0 Å². The smallest absolute Gasteiger partial charge is 0.119 e. The van der Waals surface area contributed by atoms with Crippen LogP contribution in [-0.2, 0) is 13.1 Å². The molecule has 0 saturated carbocycles. The molecule has 1 aromatic rings. The highest BCUT2D eigenvalue weighted by Crippen LogP contribution is 2.30. The summed E-state index contributed by atoms with van der Waals surface area (Å²) >= 11 is 0. The molecule has 0 aliphatic carbocycles. The van der Waals surface area contributed by atoms with Crippen molar-refractivity contribution in [3.8, 4) is 5.75 Å². The minimum Gasteiger partial charge on any atom is -0.493 e. The first-order valence-corrected chi connectivity index (χ1v) is 7.29. The summed E-state index contributed by atoms with van der Waals surface area (Å²) in [5.41, 5.74) is 3.10. The number of hydrogen-bond donors (Lipinski definition) is 1. The summed E-state index contributed by atoms with van der Waals surface area (Å²) in [6.07, 6.45) is 2.55. The fraction of sp³-hybridized carbons (Fsp3) is 0.625. The molecule has 2 heterocycles. The molecule has 1 unspecified atom stereocenters. The Balaban J connectivity index is 1.62. The standard InChI is InChI=1S/C16H24N2O/c1-16(6-3-7-18(2)11-16)12-19-15-5-4-13-9-17-10-14(13)8-15/h4-5,8,17H,3,6-7,9-12H2,1-2H3. The third-order valence-electron chi connectivity index (χ3n) is 4.37. The van der Waals surface area contributed by atoms with Crippen molar-refractivity contribution in [2.75, 3.05) is 26.7 Å². The molecule has 19 heavy (non-hydrogen) atoms. The third-order valence-corrected chi connectivity index (χ3v) is 4.37. The Morgan fingerprint density at radius 1 is 1.32 bits per heavy atom. The quantitative estimate of drug-likeness (QED) is 0.903. The minimum absolute atomic E-state index is 0.296. The van der Waals surface area contributed by atoms with Gasteiger partial charge >= 0.3 is 0 Å². The molecule has 0 radical (unpaired) electrons. The second kappa shape index (κ2) is 5.14. The van der Waals surface area contributed by atoms with Crippen LogP contribution in [0.2, 0.25) is 0 Å². The van der Waals surface area contributed by atoms with Crippen LogP contribution in [0.3, 0.4) is 0 Å². The van der Waals surface area contributed by atoms with Crippen LogP contribution in [0.15, 0.2) is 18.2 Å². The van der Waals surface area contributed by atoms with Crippen molar-refractivity contribution in [1.82, 2.24) is 10.2 Å². The maximum atomic E-state index is 6.07. The molecule has 0 spiro atoms. The summed E-state index contributed by atoms with van der Waals surface area (Å²) in [6.45, 7) is 7.51. The van der Waals surface area contributed by atoms with E-state index in [1.165, 1.54) is 30.5 Å².